The van der Waals surface area contributed by atoms with Gasteiger partial charge in [-0.25, -0.2) is 0 Å². The van der Waals surface area contributed by atoms with E-state index in [4.69, 9.17) is 14.2 Å². The fourth-order valence-electron chi connectivity index (χ4n) is 2.32. The number of carbonyl (C=O) groups excluding carboxylic acids is 3. The molecule has 0 aliphatic carbocycles. The van der Waals surface area contributed by atoms with Crippen LogP contribution < -0.4 is 20.1 Å². The van der Waals surface area contributed by atoms with Crippen molar-refractivity contribution in [2.24, 2.45) is 0 Å². The molecule has 0 unspecified atom stereocenters. The van der Waals surface area contributed by atoms with E-state index in [1.807, 2.05) is 30.3 Å². The first-order chi connectivity index (χ1) is 13.6. The SMILES string of the molecule is O=C(/C=C/c1ccccc1)NCC(=O)OCC(=O)Nc1ccc2c(c1)OCO2. The molecule has 0 fully saturated rings. The fourth-order valence-corrected chi connectivity index (χ4v) is 2.32. The molecule has 2 N–H and O–H groups in total. The van der Waals surface area contributed by atoms with Crippen molar-refractivity contribution in [1.82, 2.24) is 5.32 Å². The van der Waals surface area contributed by atoms with Crippen molar-refractivity contribution in [2.45, 2.75) is 0 Å². The zero-order valence-electron chi connectivity index (χ0n) is 14.8. The van der Waals surface area contributed by atoms with Crippen LogP contribution in [0.2, 0.25) is 0 Å². The van der Waals surface area contributed by atoms with E-state index in [0.717, 1.165) is 5.56 Å². The van der Waals surface area contributed by atoms with Crippen LogP contribution in [0.5, 0.6) is 11.5 Å². The van der Waals surface area contributed by atoms with Gasteiger partial charge in [-0.3, -0.25) is 14.4 Å². The number of nitrogens with one attached hydrogen (secondary N) is 2. The molecular formula is C20H18N2O6. The van der Waals surface area contributed by atoms with Gasteiger partial charge in [0.1, 0.15) is 6.54 Å². The van der Waals surface area contributed by atoms with E-state index in [9.17, 15) is 14.4 Å². The Kier molecular flexibility index (Phi) is 6.25. The van der Waals surface area contributed by atoms with Crippen molar-refractivity contribution in [3.05, 3.63) is 60.2 Å². The van der Waals surface area contributed by atoms with Crippen molar-refractivity contribution in [3.8, 4) is 11.5 Å². The van der Waals surface area contributed by atoms with Gasteiger partial charge < -0.3 is 24.8 Å². The van der Waals surface area contributed by atoms with Crippen LogP contribution >= 0.6 is 0 Å². The summed E-state index contributed by atoms with van der Waals surface area (Å²) in [5.74, 6) is -0.544. The highest BCUT2D eigenvalue weighted by atomic mass is 16.7. The van der Waals surface area contributed by atoms with Crippen LogP contribution in [0.25, 0.3) is 6.08 Å². The molecule has 28 heavy (non-hydrogen) atoms. The number of hydrogen-bond acceptors (Lipinski definition) is 6. The minimum absolute atomic E-state index is 0.136. The third-order valence-corrected chi connectivity index (χ3v) is 3.65. The summed E-state index contributed by atoms with van der Waals surface area (Å²) in [4.78, 5) is 35.2. The van der Waals surface area contributed by atoms with Gasteiger partial charge in [0.25, 0.3) is 5.91 Å². The lowest BCUT2D eigenvalue weighted by molar-refractivity contribution is -0.146. The molecule has 2 aromatic rings. The predicted octanol–water partition coefficient (Wildman–Crippen LogP) is 1.73. The summed E-state index contributed by atoms with van der Waals surface area (Å²) in [6.07, 6.45) is 2.94. The van der Waals surface area contributed by atoms with E-state index in [1.165, 1.54) is 6.08 Å². The first kappa shape index (κ1) is 19.0. The summed E-state index contributed by atoms with van der Waals surface area (Å²) in [5, 5.41) is 4.97. The molecule has 1 aliphatic heterocycles. The van der Waals surface area contributed by atoms with Crippen LogP contribution in [0, 0.1) is 0 Å². The molecule has 0 aromatic heterocycles. The first-order valence-electron chi connectivity index (χ1n) is 8.46. The van der Waals surface area contributed by atoms with Gasteiger partial charge in [-0.15, -0.1) is 0 Å². The Bertz CT molecular complexity index is 895. The van der Waals surface area contributed by atoms with Crippen molar-refractivity contribution in [1.29, 1.82) is 0 Å². The number of rotatable bonds is 7. The van der Waals surface area contributed by atoms with Gasteiger partial charge >= 0.3 is 5.97 Å². The molecule has 8 heteroatoms. The second-order valence-corrected chi connectivity index (χ2v) is 5.74. The highest BCUT2D eigenvalue weighted by Crippen LogP contribution is 2.34. The molecule has 2 aromatic carbocycles. The lowest BCUT2D eigenvalue weighted by Gasteiger charge is -2.07. The smallest absolute Gasteiger partial charge is 0.325 e. The molecule has 1 aliphatic rings. The van der Waals surface area contributed by atoms with Crippen molar-refractivity contribution >= 4 is 29.5 Å². The average molecular weight is 382 g/mol. The second-order valence-electron chi connectivity index (χ2n) is 5.74. The standard InChI is InChI=1S/C20H18N2O6/c23-18(9-6-14-4-2-1-3-5-14)21-11-20(25)26-12-19(24)22-15-7-8-16-17(10-15)28-13-27-16/h1-10H,11-13H2,(H,21,23)(H,22,24)/b9-6+. The minimum atomic E-state index is -0.720. The van der Waals surface area contributed by atoms with Crippen LogP contribution in [-0.4, -0.2) is 37.7 Å². The van der Waals surface area contributed by atoms with Crippen LogP contribution in [-0.2, 0) is 19.1 Å². The van der Waals surface area contributed by atoms with Gasteiger partial charge in [-0.1, -0.05) is 30.3 Å². The summed E-state index contributed by atoms with van der Waals surface area (Å²) in [6.45, 7) is -0.672. The predicted molar refractivity (Wildman–Crippen MR) is 101 cm³/mol. The van der Waals surface area contributed by atoms with Crippen LogP contribution in [0.4, 0.5) is 5.69 Å². The van der Waals surface area contributed by atoms with Gasteiger partial charge in [0.2, 0.25) is 12.7 Å². The van der Waals surface area contributed by atoms with Crippen molar-refractivity contribution in [2.75, 3.05) is 25.3 Å². The van der Waals surface area contributed by atoms with Crippen molar-refractivity contribution < 1.29 is 28.6 Å². The molecule has 1 heterocycles. The Balaban J connectivity index is 1.36. The molecule has 0 saturated carbocycles. The van der Waals surface area contributed by atoms with E-state index in [-0.39, 0.29) is 13.3 Å². The maximum Gasteiger partial charge on any atom is 0.325 e. The lowest BCUT2D eigenvalue weighted by atomic mass is 10.2. The van der Waals surface area contributed by atoms with Crippen LogP contribution in [0.3, 0.4) is 0 Å². The summed E-state index contributed by atoms with van der Waals surface area (Å²) in [6, 6.07) is 14.2. The van der Waals surface area contributed by atoms with Gasteiger partial charge in [0, 0.05) is 17.8 Å². The Morgan fingerprint density at radius 1 is 1.04 bits per heavy atom. The summed E-state index contributed by atoms with van der Waals surface area (Å²) in [5.41, 5.74) is 1.35. The Labute approximate surface area is 161 Å². The number of fused-ring (bicyclic) bond motifs is 1. The molecule has 0 saturated heterocycles. The van der Waals surface area contributed by atoms with Gasteiger partial charge in [0.05, 0.1) is 0 Å². The normalized spacial score (nSPS) is 11.9. The van der Waals surface area contributed by atoms with E-state index in [1.54, 1.807) is 24.3 Å². The van der Waals surface area contributed by atoms with Crippen LogP contribution in [0.15, 0.2) is 54.6 Å². The molecule has 0 atom stereocenters. The van der Waals surface area contributed by atoms with Gasteiger partial charge in [-0.05, 0) is 23.8 Å². The zero-order valence-corrected chi connectivity index (χ0v) is 14.8. The number of carbonyl (C=O) groups is 3. The number of anilines is 1. The van der Waals surface area contributed by atoms with Crippen molar-refractivity contribution in [3.63, 3.8) is 0 Å². The maximum absolute atomic E-state index is 11.9. The molecule has 2 amide bonds. The number of benzene rings is 2. The largest absolute Gasteiger partial charge is 0.454 e. The highest BCUT2D eigenvalue weighted by molar-refractivity contribution is 5.95. The maximum atomic E-state index is 11.9. The second kappa shape index (κ2) is 9.22. The summed E-state index contributed by atoms with van der Waals surface area (Å²) < 4.78 is 15.2. The summed E-state index contributed by atoms with van der Waals surface area (Å²) >= 11 is 0. The third kappa shape index (κ3) is 5.60. The molecule has 0 spiro atoms. The Morgan fingerprint density at radius 2 is 1.82 bits per heavy atom. The molecule has 8 nitrogen and oxygen atoms in total. The molecule has 3 rings (SSSR count). The van der Waals surface area contributed by atoms with E-state index < -0.39 is 24.4 Å². The molecule has 144 valence electrons. The number of ether oxygens (including phenoxy) is 3. The highest BCUT2D eigenvalue weighted by Gasteiger charge is 2.14. The van der Waals surface area contributed by atoms with Gasteiger partial charge in [-0.2, -0.15) is 0 Å². The zero-order chi connectivity index (χ0) is 19.8. The number of esters is 1. The van der Waals surface area contributed by atoms with E-state index in [2.05, 4.69) is 10.6 Å². The third-order valence-electron chi connectivity index (χ3n) is 3.65. The quantitative estimate of drug-likeness (QED) is 0.558. The monoisotopic (exact) mass is 382 g/mol. The number of hydrogen-bond donors (Lipinski definition) is 2. The topological polar surface area (TPSA) is 103 Å². The Morgan fingerprint density at radius 3 is 2.64 bits per heavy atom. The summed E-state index contributed by atoms with van der Waals surface area (Å²) in [7, 11) is 0. The minimum Gasteiger partial charge on any atom is -0.454 e. The molecular weight excluding hydrogens is 364 g/mol. The van der Waals surface area contributed by atoms with E-state index >= 15 is 0 Å². The molecule has 0 radical (unpaired) electrons. The lowest BCUT2D eigenvalue weighted by Crippen LogP contribution is -2.31. The average Bonchev–Trinajstić information content (AvgIpc) is 3.18. The Hall–Kier alpha value is -3.81. The first-order valence-corrected chi connectivity index (χ1v) is 8.46. The van der Waals surface area contributed by atoms with Gasteiger partial charge in [0.15, 0.2) is 18.1 Å². The number of amides is 2. The molecule has 0 bridgehead atoms. The van der Waals surface area contributed by atoms with Crippen LogP contribution in [0.1, 0.15) is 5.56 Å². The fraction of sp³-hybridized carbons (Fsp3) is 0.150. The van der Waals surface area contributed by atoms with E-state index in [0.29, 0.717) is 17.2 Å².